The van der Waals surface area contributed by atoms with Gasteiger partial charge in [0.1, 0.15) is 12.4 Å². The molecule has 2 atom stereocenters. The van der Waals surface area contributed by atoms with E-state index in [9.17, 15) is 4.79 Å². The van der Waals surface area contributed by atoms with Gasteiger partial charge in [0.15, 0.2) is 5.96 Å². The third-order valence-corrected chi connectivity index (χ3v) is 5.00. The molecule has 3 rings (SSSR count). The lowest BCUT2D eigenvalue weighted by atomic mass is 10.1. The van der Waals surface area contributed by atoms with Gasteiger partial charge in [-0.15, -0.1) is 0 Å². The van der Waals surface area contributed by atoms with E-state index >= 15 is 0 Å². The molecule has 1 aliphatic rings. The van der Waals surface area contributed by atoms with Crippen LogP contribution in [0.1, 0.15) is 29.8 Å². The van der Waals surface area contributed by atoms with Crippen molar-refractivity contribution >= 4 is 11.9 Å². The zero-order valence-electron chi connectivity index (χ0n) is 18.5. The van der Waals surface area contributed by atoms with Crippen molar-refractivity contribution in [3.8, 4) is 5.75 Å². The number of hydrogen-bond donors (Lipinski definition) is 2. The fourth-order valence-corrected chi connectivity index (χ4v) is 3.55. The molecule has 0 radical (unpaired) electrons. The summed E-state index contributed by atoms with van der Waals surface area (Å²) in [6, 6.07) is 17.4. The second kappa shape index (κ2) is 11.4. The van der Waals surface area contributed by atoms with E-state index < -0.39 is 0 Å². The average molecular weight is 425 g/mol. The first kappa shape index (κ1) is 22.6. The summed E-state index contributed by atoms with van der Waals surface area (Å²) < 4.78 is 11.4. The highest BCUT2D eigenvalue weighted by molar-refractivity contribution is 5.94. The lowest BCUT2D eigenvalue weighted by Crippen LogP contribution is -2.48. The maximum Gasteiger partial charge on any atom is 0.254 e. The van der Waals surface area contributed by atoms with E-state index in [4.69, 9.17) is 9.47 Å². The zero-order chi connectivity index (χ0) is 22.1. The number of amides is 1. The molecule has 1 saturated heterocycles. The number of nitrogens with one attached hydrogen (secondary N) is 2. The number of rotatable bonds is 7. The maximum atomic E-state index is 12.8. The number of aliphatic imine (C=N–C) groups is 1. The molecule has 0 saturated carbocycles. The summed E-state index contributed by atoms with van der Waals surface area (Å²) >= 11 is 0. The van der Waals surface area contributed by atoms with Gasteiger partial charge in [-0.25, -0.2) is 0 Å². The lowest BCUT2D eigenvalue weighted by molar-refractivity contribution is -0.0586. The van der Waals surface area contributed by atoms with Gasteiger partial charge in [-0.1, -0.05) is 30.3 Å². The minimum Gasteiger partial charge on any atom is -0.492 e. The van der Waals surface area contributed by atoms with Crippen molar-refractivity contribution in [2.75, 3.05) is 33.3 Å². The summed E-state index contributed by atoms with van der Waals surface area (Å²) in [6.07, 6.45) is 0.127. The molecule has 31 heavy (non-hydrogen) atoms. The average Bonchev–Trinajstić information content (AvgIpc) is 2.78. The topological polar surface area (TPSA) is 75.2 Å². The summed E-state index contributed by atoms with van der Waals surface area (Å²) in [5.41, 5.74) is 1.77. The highest BCUT2D eigenvalue weighted by atomic mass is 16.5. The third-order valence-electron chi connectivity index (χ3n) is 5.00. The molecule has 2 unspecified atom stereocenters. The lowest BCUT2D eigenvalue weighted by Gasteiger charge is -2.35. The first-order valence-electron chi connectivity index (χ1n) is 10.7. The summed E-state index contributed by atoms with van der Waals surface area (Å²) in [4.78, 5) is 18.9. The van der Waals surface area contributed by atoms with E-state index in [0.717, 1.165) is 11.3 Å². The number of hydrogen-bond acceptors (Lipinski definition) is 4. The Morgan fingerprint density at radius 3 is 2.39 bits per heavy atom. The molecule has 1 aliphatic heterocycles. The van der Waals surface area contributed by atoms with Gasteiger partial charge in [-0.3, -0.25) is 9.79 Å². The van der Waals surface area contributed by atoms with Crippen molar-refractivity contribution in [1.82, 2.24) is 15.5 Å². The van der Waals surface area contributed by atoms with Crippen LogP contribution in [0.15, 0.2) is 59.6 Å². The van der Waals surface area contributed by atoms with Gasteiger partial charge < -0.3 is 25.0 Å². The van der Waals surface area contributed by atoms with Crippen molar-refractivity contribution < 1.29 is 14.3 Å². The summed E-state index contributed by atoms with van der Waals surface area (Å²) in [5, 5.41) is 6.51. The number of guanidine groups is 1. The highest BCUT2D eigenvalue weighted by Crippen LogP contribution is 2.15. The Kier molecular flexibility index (Phi) is 8.29. The minimum absolute atomic E-state index is 0.0531. The second-order valence-electron chi connectivity index (χ2n) is 7.68. The van der Waals surface area contributed by atoms with E-state index in [1.165, 1.54) is 0 Å². The third kappa shape index (κ3) is 7.00. The second-order valence-corrected chi connectivity index (χ2v) is 7.68. The largest absolute Gasteiger partial charge is 0.492 e. The van der Waals surface area contributed by atoms with Crippen molar-refractivity contribution in [1.29, 1.82) is 0 Å². The molecule has 2 aromatic rings. The van der Waals surface area contributed by atoms with Gasteiger partial charge in [-0.05, 0) is 43.7 Å². The predicted octanol–water partition coefficient (Wildman–Crippen LogP) is 2.68. The molecule has 0 aromatic heterocycles. The van der Waals surface area contributed by atoms with E-state index in [1.54, 1.807) is 7.05 Å². The highest BCUT2D eigenvalue weighted by Gasteiger charge is 2.26. The Morgan fingerprint density at radius 2 is 1.74 bits per heavy atom. The van der Waals surface area contributed by atoms with Crippen LogP contribution in [0, 0.1) is 0 Å². The van der Waals surface area contributed by atoms with Crippen LogP contribution >= 0.6 is 0 Å². The monoisotopic (exact) mass is 424 g/mol. The van der Waals surface area contributed by atoms with Crippen LogP contribution in [-0.2, 0) is 11.3 Å². The van der Waals surface area contributed by atoms with Crippen LogP contribution in [0.4, 0.5) is 0 Å². The Labute approximate surface area is 184 Å². The molecule has 1 amide bonds. The van der Waals surface area contributed by atoms with Crippen LogP contribution in [0.5, 0.6) is 5.75 Å². The van der Waals surface area contributed by atoms with Crippen LogP contribution < -0.4 is 15.4 Å². The van der Waals surface area contributed by atoms with Crippen molar-refractivity contribution in [3.63, 3.8) is 0 Å². The molecule has 2 N–H and O–H groups in total. The summed E-state index contributed by atoms with van der Waals surface area (Å²) in [5.74, 6) is 1.60. The number of carbonyl (C=O) groups excluding carboxylic acids is 1. The molecular formula is C24H32N4O3. The van der Waals surface area contributed by atoms with Gasteiger partial charge in [0.2, 0.25) is 0 Å². The van der Waals surface area contributed by atoms with Crippen LogP contribution in [0.25, 0.3) is 0 Å². The standard InChI is InChI=1S/C24H32N4O3/c1-18-16-28(17-19(2)31-18)23(29)21-11-9-20(10-12-21)15-27-24(25-3)26-13-14-30-22-7-5-4-6-8-22/h4-12,18-19H,13-17H2,1-3H3,(H2,25,26,27). The number of para-hydroxylation sites is 1. The van der Waals surface area contributed by atoms with Gasteiger partial charge in [0.05, 0.1) is 18.8 Å². The number of morpholine rings is 1. The van der Waals surface area contributed by atoms with Crippen LogP contribution in [0.3, 0.4) is 0 Å². The van der Waals surface area contributed by atoms with Crippen LogP contribution in [-0.4, -0.2) is 62.3 Å². The number of nitrogens with zero attached hydrogens (tertiary/aromatic N) is 2. The maximum absolute atomic E-state index is 12.8. The summed E-state index contributed by atoms with van der Waals surface area (Å²) in [7, 11) is 1.74. The molecule has 7 heteroatoms. The molecule has 0 spiro atoms. The van der Waals surface area contributed by atoms with Gasteiger partial charge in [-0.2, -0.15) is 0 Å². The Hall–Kier alpha value is -3.06. The molecule has 0 bridgehead atoms. The Morgan fingerprint density at radius 1 is 1.06 bits per heavy atom. The van der Waals surface area contributed by atoms with Crippen molar-refractivity contribution in [2.24, 2.45) is 4.99 Å². The Balaban J connectivity index is 1.43. The van der Waals surface area contributed by atoms with E-state index in [0.29, 0.717) is 44.3 Å². The molecule has 2 aromatic carbocycles. The Bertz CT molecular complexity index is 845. The number of ether oxygens (including phenoxy) is 2. The SMILES string of the molecule is CN=C(NCCOc1ccccc1)NCc1ccc(C(=O)N2CC(C)OC(C)C2)cc1. The summed E-state index contributed by atoms with van der Waals surface area (Å²) in [6.45, 7) is 7.04. The van der Waals surface area contributed by atoms with E-state index in [2.05, 4.69) is 15.6 Å². The molecule has 1 fully saturated rings. The number of carbonyl (C=O) groups is 1. The first-order valence-corrected chi connectivity index (χ1v) is 10.7. The predicted molar refractivity (Wildman–Crippen MR) is 122 cm³/mol. The molecule has 0 aliphatic carbocycles. The van der Waals surface area contributed by atoms with E-state index in [-0.39, 0.29) is 18.1 Å². The van der Waals surface area contributed by atoms with Gasteiger partial charge in [0.25, 0.3) is 5.91 Å². The van der Waals surface area contributed by atoms with Gasteiger partial charge >= 0.3 is 0 Å². The first-order chi connectivity index (χ1) is 15.0. The molecule has 166 valence electrons. The van der Waals surface area contributed by atoms with Gasteiger partial charge in [0, 0.05) is 32.2 Å². The van der Waals surface area contributed by atoms with Crippen LogP contribution in [0.2, 0.25) is 0 Å². The number of benzene rings is 2. The smallest absolute Gasteiger partial charge is 0.254 e. The molecular weight excluding hydrogens is 392 g/mol. The van der Waals surface area contributed by atoms with Crippen molar-refractivity contribution in [3.05, 3.63) is 65.7 Å². The molecule has 7 nitrogen and oxygen atoms in total. The fraction of sp³-hybridized carbons (Fsp3) is 0.417. The normalized spacial score (nSPS) is 19.1. The minimum atomic E-state index is 0.0531. The van der Waals surface area contributed by atoms with E-state index in [1.807, 2.05) is 73.3 Å². The molecule has 1 heterocycles. The quantitative estimate of drug-likeness (QED) is 0.406. The zero-order valence-corrected chi connectivity index (χ0v) is 18.5. The fourth-order valence-electron chi connectivity index (χ4n) is 3.55. The van der Waals surface area contributed by atoms with Crippen molar-refractivity contribution in [2.45, 2.75) is 32.6 Å².